The van der Waals surface area contributed by atoms with E-state index in [1.54, 1.807) is 28.0 Å². The number of carbonyl (C=O) groups excluding carboxylic acids is 2. The molecule has 1 saturated heterocycles. The lowest BCUT2D eigenvalue weighted by Gasteiger charge is -2.35. The van der Waals surface area contributed by atoms with Gasteiger partial charge in [0.25, 0.3) is 5.91 Å². The number of rotatable bonds is 5. The average molecular weight is 421 g/mol. The zero-order valence-electron chi connectivity index (χ0n) is 17.0. The van der Waals surface area contributed by atoms with Crippen LogP contribution in [0.25, 0.3) is 16.5 Å². The second-order valence-corrected chi connectivity index (χ2v) is 7.98. The molecule has 0 atom stereocenters. The van der Waals surface area contributed by atoms with Gasteiger partial charge in [0, 0.05) is 44.2 Å². The van der Waals surface area contributed by atoms with Gasteiger partial charge in [0.2, 0.25) is 5.91 Å². The molecule has 1 N–H and O–H groups in total. The number of aromatic nitrogens is 3. The summed E-state index contributed by atoms with van der Waals surface area (Å²) in [4.78, 5) is 28.5. The van der Waals surface area contributed by atoms with Gasteiger partial charge < -0.3 is 19.3 Å². The van der Waals surface area contributed by atoms with Crippen LogP contribution in [0.5, 0.6) is 0 Å². The molecule has 0 aliphatic carbocycles. The Hall–Kier alpha value is -3.46. The average Bonchev–Trinajstić information content (AvgIpc) is 3.44. The molecule has 0 unspecified atom stereocenters. The van der Waals surface area contributed by atoms with Gasteiger partial charge in [-0.1, -0.05) is 17.4 Å². The van der Waals surface area contributed by atoms with Crippen LogP contribution in [0.4, 0.5) is 0 Å². The molecule has 1 fully saturated rings. The quantitative estimate of drug-likeness (QED) is 0.670. The van der Waals surface area contributed by atoms with Gasteiger partial charge in [-0.3, -0.25) is 14.3 Å². The number of aliphatic hydroxyl groups excluding tert-OH is 1. The second kappa shape index (κ2) is 7.99. The summed E-state index contributed by atoms with van der Waals surface area (Å²) in [6.45, 7) is 2.45. The zero-order chi connectivity index (χ0) is 21.4. The smallest absolute Gasteiger partial charge is 0.289 e. The highest BCUT2D eigenvalue weighted by Gasteiger charge is 2.31. The highest BCUT2D eigenvalue weighted by Crippen LogP contribution is 2.28. The Balaban J connectivity index is 1.27. The Labute approximate surface area is 178 Å². The van der Waals surface area contributed by atoms with E-state index in [1.165, 1.54) is 0 Å². The third-order valence-corrected chi connectivity index (χ3v) is 5.78. The lowest BCUT2D eigenvalue weighted by Crippen LogP contribution is -2.53. The number of aryl methyl sites for hydroxylation is 1. The van der Waals surface area contributed by atoms with Gasteiger partial charge in [0.05, 0.1) is 18.8 Å². The van der Waals surface area contributed by atoms with Gasteiger partial charge in [0.1, 0.15) is 5.58 Å². The topological polar surface area (TPSA) is 105 Å². The van der Waals surface area contributed by atoms with Gasteiger partial charge in [0.15, 0.2) is 5.76 Å². The monoisotopic (exact) mass is 421 g/mol. The Kier molecular flexibility index (Phi) is 5.03. The van der Waals surface area contributed by atoms with Crippen molar-refractivity contribution in [2.75, 3.05) is 26.2 Å². The number of hydrogen-bond donors (Lipinski definition) is 1. The van der Waals surface area contributed by atoms with Crippen molar-refractivity contribution in [2.24, 2.45) is 0 Å². The summed E-state index contributed by atoms with van der Waals surface area (Å²) in [6, 6.07) is 7.56. The van der Waals surface area contributed by atoms with Gasteiger partial charge in [-0.15, -0.1) is 5.10 Å². The molecule has 1 aromatic carbocycles. The summed E-state index contributed by atoms with van der Waals surface area (Å²) < 4.78 is 7.38. The lowest BCUT2D eigenvalue weighted by atomic mass is 9.99. The molecule has 0 spiro atoms. The molecular weight excluding hydrogens is 398 g/mol. The lowest BCUT2D eigenvalue weighted by molar-refractivity contribution is -0.131. The minimum Gasteiger partial charge on any atom is -0.451 e. The molecule has 2 amide bonds. The van der Waals surface area contributed by atoms with Gasteiger partial charge in [-0.2, -0.15) is 0 Å². The van der Waals surface area contributed by atoms with E-state index in [9.17, 15) is 14.7 Å². The molecule has 2 aliphatic rings. The molecule has 160 valence electrons. The first-order valence-corrected chi connectivity index (χ1v) is 10.4. The SMILES string of the molecule is O=C(CCn1ccnn1)N1CCC=C(c2ccc3oc(C(=O)N4CC(O)C4)cc3c2)C1. The van der Waals surface area contributed by atoms with Gasteiger partial charge >= 0.3 is 0 Å². The summed E-state index contributed by atoms with van der Waals surface area (Å²) in [7, 11) is 0. The first-order chi connectivity index (χ1) is 15.1. The molecule has 9 nitrogen and oxygen atoms in total. The number of β-amino-alcohol motifs (C(OH)–C–C–N with tert-alkyl or cyclic N) is 1. The van der Waals surface area contributed by atoms with E-state index in [1.807, 2.05) is 23.1 Å². The Morgan fingerprint density at radius 3 is 2.84 bits per heavy atom. The molecule has 3 aromatic rings. The summed E-state index contributed by atoms with van der Waals surface area (Å²) in [5.41, 5.74) is 2.74. The molecule has 0 radical (unpaired) electrons. The van der Waals surface area contributed by atoms with E-state index >= 15 is 0 Å². The highest BCUT2D eigenvalue weighted by molar-refractivity contribution is 5.97. The van der Waals surface area contributed by atoms with Crippen LogP contribution in [0.15, 0.2) is 47.2 Å². The maximum atomic E-state index is 12.6. The van der Waals surface area contributed by atoms with Crippen LogP contribution in [-0.2, 0) is 11.3 Å². The van der Waals surface area contributed by atoms with Gasteiger partial charge in [-0.05, 0) is 35.8 Å². The van der Waals surface area contributed by atoms with Crippen molar-refractivity contribution in [3.05, 3.63) is 54.1 Å². The number of nitrogens with zero attached hydrogens (tertiary/aromatic N) is 5. The number of amides is 2. The van der Waals surface area contributed by atoms with Gasteiger partial charge in [-0.25, -0.2) is 0 Å². The summed E-state index contributed by atoms with van der Waals surface area (Å²) in [6.07, 6.45) is 6.25. The molecule has 0 bridgehead atoms. The summed E-state index contributed by atoms with van der Waals surface area (Å²) in [5, 5.41) is 17.9. The summed E-state index contributed by atoms with van der Waals surface area (Å²) in [5.74, 6) is 0.167. The molecular formula is C22H23N5O4. The molecule has 2 aromatic heterocycles. The van der Waals surface area contributed by atoms with Crippen LogP contribution in [-0.4, -0.2) is 74.0 Å². The largest absolute Gasteiger partial charge is 0.451 e. The molecule has 0 saturated carbocycles. The van der Waals surface area contributed by atoms with Crippen molar-refractivity contribution in [3.8, 4) is 0 Å². The van der Waals surface area contributed by atoms with E-state index in [4.69, 9.17) is 4.42 Å². The zero-order valence-corrected chi connectivity index (χ0v) is 17.0. The van der Waals surface area contributed by atoms with E-state index in [0.29, 0.717) is 44.7 Å². The number of fused-ring (bicyclic) bond motifs is 1. The molecule has 4 heterocycles. The number of hydrogen-bond acceptors (Lipinski definition) is 6. The normalized spacial score (nSPS) is 17.0. The van der Waals surface area contributed by atoms with Crippen molar-refractivity contribution < 1.29 is 19.1 Å². The molecule has 9 heteroatoms. The Morgan fingerprint density at radius 2 is 2.06 bits per heavy atom. The highest BCUT2D eigenvalue weighted by atomic mass is 16.3. The number of likely N-dealkylation sites (tertiary alicyclic amines) is 1. The third kappa shape index (κ3) is 3.96. The fourth-order valence-electron chi connectivity index (χ4n) is 4.01. The Bertz CT molecular complexity index is 1140. The minimum atomic E-state index is -0.444. The first kappa shape index (κ1) is 19.5. The summed E-state index contributed by atoms with van der Waals surface area (Å²) >= 11 is 0. The maximum Gasteiger partial charge on any atom is 0.289 e. The van der Waals surface area contributed by atoms with Crippen LogP contribution < -0.4 is 0 Å². The fourth-order valence-corrected chi connectivity index (χ4v) is 4.01. The minimum absolute atomic E-state index is 0.0927. The van der Waals surface area contributed by atoms with Crippen molar-refractivity contribution in [1.29, 1.82) is 0 Å². The van der Waals surface area contributed by atoms with E-state index in [0.717, 1.165) is 22.9 Å². The van der Waals surface area contributed by atoms with E-state index < -0.39 is 6.10 Å². The van der Waals surface area contributed by atoms with Crippen molar-refractivity contribution in [1.82, 2.24) is 24.8 Å². The van der Waals surface area contributed by atoms with Crippen LogP contribution in [0.2, 0.25) is 0 Å². The molecule has 31 heavy (non-hydrogen) atoms. The van der Waals surface area contributed by atoms with Crippen LogP contribution in [0, 0.1) is 0 Å². The predicted molar refractivity (Wildman–Crippen MR) is 112 cm³/mol. The van der Waals surface area contributed by atoms with Crippen molar-refractivity contribution in [2.45, 2.75) is 25.5 Å². The second-order valence-electron chi connectivity index (χ2n) is 7.98. The number of benzene rings is 1. The molecule has 2 aliphatic heterocycles. The van der Waals surface area contributed by atoms with Crippen molar-refractivity contribution >= 4 is 28.4 Å². The predicted octanol–water partition coefficient (Wildman–Crippen LogP) is 1.55. The van der Waals surface area contributed by atoms with Crippen LogP contribution >= 0.6 is 0 Å². The first-order valence-electron chi connectivity index (χ1n) is 10.4. The molecule has 5 rings (SSSR count). The van der Waals surface area contributed by atoms with Crippen LogP contribution in [0.3, 0.4) is 0 Å². The standard InChI is InChI=1S/C22H23N5O4/c28-18-13-26(14-18)22(30)20-11-17-10-15(3-4-19(17)31-20)16-2-1-7-25(12-16)21(29)5-8-27-9-6-23-24-27/h2-4,6,9-11,18,28H,1,5,7-8,12-14H2. The van der Waals surface area contributed by atoms with Crippen molar-refractivity contribution in [3.63, 3.8) is 0 Å². The maximum absolute atomic E-state index is 12.6. The van der Waals surface area contributed by atoms with Crippen LogP contribution in [0.1, 0.15) is 29.0 Å². The Morgan fingerprint density at radius 1 is 1.19 bits per heavy atom. The van der Waals surface area contributed by atoms with E-state index in [2.05, 4.69) is 16.4 Å². The number of aliphatic hydroxyl groups is 1. The number of furan rings is 1. The third-order valence-electron chi connectivity index (χ3n) is 5.78. The number of carbonyl (C=O) groups is 2. The van der Waals surface area contributed by atoms with E-state index in [-0.39, 0.29) is 17.6 Å². The fraction of sp³-hybridized carbons (Fsp3) is 0.364.